The van der Waals surface area contributed by atoms with Gasteiger partial charge in [-0.2, -0.15) is 0 Å². The Hall–Kier alpha value is -2.03. The van der Waals surface area contributed by atoms with Gasteiger partial charge >= 0.3 is 18.2 Å². The molecule has 0 aromatic carbocycles. The zero-order valence-electron chi connectivity index (χ0n) is 17.4. The molecular formula is C18H34N2O7. The molecule has 0 aromatic rings. The quantitative estimate of drug-likeness (QED) is 0.428. The van der Waals surface area contributed by atoms with Crippen LogP contribution in [0.25, 0.3) is 0 Å². The van der Waals surface area contributed by atoms with Gasteiger partial charge in [0.25, 0.3) is 0 Å². The maximum absolute atomic E-state index is 11.9. The van der Waals surface area contributed by atoms with Gasteiger partial charge in [0.15, 0.2) is 0 Å². The van der Waals surface area contributed by atoms with Gasteiger partial charge in [-0.1, -0.05) is 0 Å². The van der Waals surface area contributed by atoms with Crippen LogP contribution in [0.3, 0.4) is 0 Å². The minimum Gasteiger partial charge on any atom is -0.467 e. The van der Waals surface area contributed by atoms with Crippen molar-refractivity contribution in [3.05, 3.63) is 0 Å². The molecule has 0 unspecified atom stereocenters. The summed E-state index contributed by atoms with van der Waals surface area (Å²) in [5.74, 6) is -0.596. The van der Waals surface area contributed by atoms with E-state index in [1.165, 1.54) is 7.11 Å². The summed E-state index contributed by atoms with van der Waals surface area (Å²) in [6.45, 7) is 10.1. The van der Waals surface area contributed by atoms with Crippen LogP contribution in [-0.4, -0.2) is 60.3 Å². The van der Waals surface area contributed by atoms with E-state index in [2.05, 4.69) is 10.6 Å². The predicted octanol–water partition coefficient (Wildman–Crippen LogP) is 2.11. The summed E-state index contributed by atoms with van der Waals surface area (Å²) in [7, 11) is 1.23. The predicted molar refractivity (Wildman–Crippen MR) is 99.3 cm³/mol. The number of nitrogens with one attached hydrogen (secondary N) is 2. The summed E-state index contributed by atoms with van der Waals surface area (Å²) in [4.78, 5) is 35.5. The second-order valence-electron chi connectivity index (χ2n) is 8.18. The van der Waals surface area contributed by atoms with E-state index in [9.17, 15) is 19.5 Å². The highest BCUT2D eigenvalue weighted by Gasteiger charge is 2.25. The smallest absolute Gasteiger partial charge is 0.408 e. The van der Waals surface area contributed by atoms with Crippen molar-refractivity contribution < 1.29 is 33.7 Å². The fraction of sp³-hybridized carbons (Fsp3) is 0.833. The normalized spacial score (nSPS) is 13.9. The number of alkyl carbamates (subject to hydrolysis) is 2. The van der Waals surface area contributed by atoms with E-state index < -0.39 is 41.4 Å². The lowest BCUT2D eigenvalue weighted by molar-refractivity contribution is -0.143. The van der Waals surface area contributed by atoms with Gasteiger partial charge in [0.1, 0.15) is 17.2 Å². The second-order valence-corrected chi connectivity index (χ2v) is 8.18. The van der Waals surface area contributed by atoms with Crippen molar-refractivity contribution in [2.24, 2.45) is 0 Å². The van der Waals surface area contributed by atoms with Gasteiger partial charge in [-0.3, -0.25) is 0 Å². The highest BCUT2D eigenvalue weighted by atomic mass is 16.6. The lowest BCUT2D eigenvalue weighted by Gasteiger charge is -2.24. The molecule has 0 heterocycles. The fourth-order valence-corrected chi connectivity index (χ4v) is 2.09. The van der Waals surface area contributed by atoms with Crippen molar-refractivity contribution in [3.8, 4) is 0 Å². The molecule has 0 aliphatic rings. The number of carbonyl (C=O) groups excluding carboxylic acids is 3. The first-order chi connectivity index (χ1) is 12.3. The summed E-state index contributed by atoms with van der Waals surface area (Å²) >= 11 is 0. The molecule has 0 bridgehead atoms. The maximum atomic E-state index is 11.9. The van der Waals surface area contributed by atoms with E-state index in [1.54, 1.807) is 41.5 Å². The van der Waals surface area contributed by atoms with Crippen LogP contribution >= 0.6 is 0 Å². The van der Waals surface area contributed by atoms with Gasteiger partial charge in [-0.25, -0.2) is 14.4 Å². The second kappa shape index (κ2) is 11.0. The fourth-order valence-electron chi connectivity index (χ4n) is 2.09. The molecule has 0 aliphatic carbocycles. The van der Waals surface area contributed by atoms with Gasteiger partial charge in [-0.05, 0) is 60.8 Å². The third-order valence-electron chi connectivity index (χ3n) is 3.16. The molecule has 27 heavy (non-hydrogen) atoms. The van der Waals surface area contributed by atoms with E-state index >= 15 is 0 Å². The van der Waals surface area contributed by atoms with Crippen LogP contribution in [0.2, 0.25) is 0 Å². The summed E-state index contributed by atoms with van der Waals surface area (Å²) < 4.78 is 15.0. The van der Waals surface area contributed by atoms with Crippen molar-refractivity contribution in [2.75, 3.05) is 13.7 Å². The Morgan fingerprint density at radius 3 is 1.78 bits per heavy atom. The van der Waals surface area contributed by atoms with Crippen molar-refractivity contribution in [1.82, 2.24) is 10.6 Å². The number of aliphatic hydroxyl groups excluding tert-OH is 1. The number of hydrogen-bond acceptors (Lipinski definition) is 7. The Balaban J connectivity index is 4.58. The Labute approximate surface area is 161 Å². The summed E-state index contributed by atoms with van der Waals surface area (Å²) in [6.07, 6.45) is -0.254. The molecule has 3 N–H and O–H groups in total. The first-order valence-electron chi connectivity index (χ1n) is 8.95. The first-order valence-corrected chi connectivity index (χ1v) is 8.95. The Kier molecular flexibility index (Phi) is 10.1. The molecule has 0 aromatic heterocycles. The maximum Gasteiger partial charge on any atom is 0.408 e. The van der Waals surface area contributed by atoms with Crippen molar-refractivity contribution in [1.29, 1.82) is 0 Å². The van der Waals surface area contributed by atoms with Gasteiger partial charge < -0.3 is 30.0 Å². The number of amides is 2. The van der Waals surface area contributed by atoms with Crippen LogP contribution in [0.4, 0.5) is 9.59 Å². The first kappa shape index (κ1) is 25.0. The molecule has 2 atom stereocenters. The molecule has 0 saturated heterocycles. The van der Waals surface area contributed by atoms with E-state index in [1.807, 2.05) is 0 Å². The third kappa shape index (κ3) is 12.9. The lowest BCUT2D eigenvalue weighted by atomic mass is 10.1. The molecule has 158 valence electrons. The van der Waals surface area contributed by atoms with Crippen molar-refractivity contribution >= 4 is 18.2 Å². The summed E-state index contributed by atoms with van der Waals surface area (Å²) in [5.41, 5.74) is -1.33. The van der Waals surface area contributed by atoms with Crippen LogP contribution in [0.15, 0.2) is 0 Å². The Morgan fingerprint density at radius 1 is 0.889 bits per heavy atom. The standard InChI is InChI=1S/C18H34N2O7/c1-17(2,3)26-15(23)19-12(11-21)9-8-10-13(14(22)25-7)20-16(24)27-18(4,5)6/h12-13,21H,8-11H2,1-7H3,(H,19,23)(H,20,24)/t12-,13+/m1/s1. The molecule has 9 nitrogen and oxygen atoms in total. The van der Waals surface area contributed by atoms with Crippen LogP contribution in [-0.2, 0) is 19.0 Å². The molecule has 0 radical (unpaired) electrons. The van der Waals surface area contributed by atoms with E-state index in [4.69, 9.17) is 14.2 Å². The minimum absolute atomic E-state index is 0.262. The monoisotopic (exact) mass is 390 g/mol. The Morgan fingerprint density at radius 2 is 1.37 bits per heavy atom. The van der Waals surface area contributed by atoms with Crippen molar-refractivity contribution in [3.63, 3.8) is 0 Å². The number of carbonyl (C=O) groups is 3. The van der Waals surface area contributed by atoms with Crippen LogP contribution in [0, 0.1) is 0 Å². The summed E-state index contributed by atoms with van der Waals surface area (Å²) in [5, 5.41) is 14.5. The summed E-state index contributed by atoms with van der Waals surface area (Å²) in [6, 6.07) is -1.41. The van der Waals surface area contributed by atoms with Crippen LogP contribution in [0.1, 0.15) is 60.8 Å². The highest BCUT2D eigenvalue weighted by molar-refractivity contribution is 5.81. The molecule has 0 aliphatic heterocycles. The van der Waals surface area contributed by atoms with Crippen LogP contribution < -0.4 is 10.6 Å². The SMILES string of the molecule is COC(=O)[C@H](CCC[C@H](CO)NC(=O)OC(C)(C)C)NC(=O)OC(C)(C)C. The average Bonchev–Trinajstić information content (AvgIpc) is 2.48. The molecule has 0 fully saturated rings. The van der Waals surface area contributed by atoms with Crippen LogP contribution in [0.5, 0.6) is 0 Å². The molecular weight excluding hydrogens is 356 g/mol. The lowest BCUT2D eigenvalue weighted by Crippen LogP contribution is -2.44. The zero-order valence-corrected chi connectivity index (χ0v) is 17.4. The molecule has 9 heteroatoms. The molecule has 0 rings (SSSR count). The average molecular weight is 390 g/mol. The van der Waals surface area contributed by atoms with Gasteiger partial charge in [-0.15, -0.1) is 0 Å². The van der Waals surface area contributed by atoms with Gasteiger partial charge in [0.2, 0.25) is 0 Å². The number of aliphatic hydroxyl groups is 1. The number of ether oxygens (including phenoxy) is 3. The van der Waals surface area contributed by atoms with Crippen molar-refractivity contribution in [2.45, 2.75) is 84.1 Å². The minimum atomic E-state index is -0.884. The van der Waals surface area contributed by atoms with Gasteiger partial charge in [0, 0.05) is 0 Å². The van der Waals surface area contributed by atoms with E-state index in [0.717, 1.165) is 0 Å². The molecule has 2 amide bonds. The third-order valence-corrected chi connectivity index (χ3v) is 3.16. The van der Waals surface area contributed by atoms with E-state index in [0.29, 0.717) is 12.8 Å². The number of rotatable bonds is 8. The zero-order chi connectivity index (χ0) is 21.3. The largest absolute Gasteiger partial charge is 0.467 e. The topological polar surface area (TPSA) is 123 Å². The highest BCUT2D eigenvalue weighted by Crippen LogP contribution is 2.11. The number of methoxy groups -OCH3 is 1. The number of hydrogen-bond donors (Lipinski definition) is 3. The van der Waals surface area contributed by atoms with Gasteiger partial charge in [0.05, 0.1) is 19.8 Å². The molecule has 0 spiro atoms. The Bertz CT molecular complexity index is 495. The number of esters is 1. The molecule has 0 saturated carbocycles. The van der Waals surface area contributed by atoms with E-state index in [-0.39, 0.29) is 13.0 Å².